The summed E-state index contributed by atoms with van der Waals surface area (Å²) in [4.78, 5) is 21.5. The molecular weight excluding hydrogens is 397 g/mol. The molecule has 1 aliphatic heterocycles. The van der Waals surface area contributed by atoms with E-state index in [1.807, 2.05) is 18.2 Å². The molecule has 0 aliphatic carbocycles. The Bertz CT molecular complexity index is 1010. The van der Waals surface area contributed by atoms with Crippen LogP contribution in [-0.4, -0.2) is 50.0 Å². The van der Waals surface area contributed by atoms with E-state index < -0.39 is 11.9 Å². The first-order valence-corrected chi connectivity index (χ1v) is 9.74. The first-order valence-electron chi connectivity index (χ1n) is 9.74. The number of piperidine rings is 1. The van der Waals surface area contributed by atoms with Gasteiger partial charge >= 0.3 is 6.18 Å². The monoisotopic (exact) mass is 418 g/mol. The maximum atomic E-state index is 13.1. The number of fused-ring (bicyclic) bond motifs is 1. The van der Waals surface area contributed by atoms with Crippen molar-refractivity contribution < 1.29 is 18.0 Å². The smallest absolute Gasteiger partial charge is 0.361 e. The third-order valence-corrected chi connectivity index (χ3v) is 5.30. The average Bonchev–Trinajstić information content (AvgIpc) is 3.21. The van der Waals surface area contributed by atoms with Crippen LogP contribution in [0.2, 0.25) is 0 Å². The molecule has 3 heterocycles. The quantitative estimate of drug-likeness (QED) is 0.689. The van der Waals surface area contributed by atoms with Crippen molar-refractivity contribution in [1.82, 2.24) is 24.5 Å². The molecule has 1 N–H and O–H groups in total. The molecule has 1 aliphatic rings. The predicted octanol–water partition coefficient (Wildman–Crippen LogP) is 3.04. The fourth-order valence-corrected chi connectivity index (χ4v) is 3.70. The molecule has 30 heavy (non-hydrogen) atoms. The zero-order chi connectivity index (χ0) is 21.1. The summed E-state index contributed by atoms with van der Waals surface area (Å²) in [6, 6.07) is 11.1. The fourth-order valence-electron chi connectivity index (χ4n) is 3.70. The van der Waals surface area contributed by atoms with Gasteiger partial charge in [-0.1, -0.05) is 30.3 Å². The Hall–Kier alpha value is -3.17. The Morgan fingerprint density at radius 2 is 1.90 bits per heavy atom. The highest BCUT2D eigenvalue weighted by Crippen LogP contribution is 2.29. The Morgan fingerprint density at radius 3 is 2.60 bits per heavy atom. The van der Waals surface area contributed by atoms with Crippen LogP contribution in [-0.2, 0) is 17.4 Å². The number of hydrogen-bond acceptors (Lipinski definition) is 5. The number of halogens is 3. The molecular formula is C20H21F3N6O. The first-order chi connectivity index (χ1) is 14.4. The second kappa shape index (κ2) is 8.29. The Morgan fingerprint density at radius 1 is 1.17 bits per heavy atom. The van der Waals surface area contributed by atoms with E-state index in [0.29, 0.717) is 19.0 Å². The summed E-state index contributed by atoms with van der Waals surface area (Å²) in [5, 5.41) is 6.63. The predicted molar refractivity (Wildman–Crippen MR) is 104 cm³/mol. The molecule has 1 aromatic carbocycles. The lowest BCUT2D eigenvalue weighted by atomic mass is 9.90. The number of likely N-dealkylation sites (tertiary alicyclic amines) is 1. The van der Waals surface area contributed by atoms with Gasteiger partial charge in [-0.05, 0) is 30.7 Å². The molecule has 7 nitrogen and oxygen atoms in total. The number of aromatic nitrogens is 4. The number of carbonyl (C=O) groups is 1. The molecule has 4 rings (SSSR count). The van der Waals surface area contributed by atoms with E-state index in [4.69, 9.17) is 0 Å². The summed E-state index contributed by atoms with van der Waals surface area (Å²) >= 11 is 0. The summed E-state index contributed by atoms with van der Waals surface area (Å²) in [5.74, 6) is 0.208. The second-order valence-electron chi connectivity index (χ2n) is 7.36. The van der Waals surface area contributed by atoms with Gasteiger partial charge in [-0.15, -0.1) is 0 Å². The molecule has 1 fully saturated rings. The van der Waals surface area contributed by atoms with Crippen molar-refractivity contribution >= 4 is 17.5 Å². The van der Waals surface area contributed by atoms with Crippen LogP contribution in [0, 0.1) is 5.92 Å². The summed E-state index contributed by atoms with van der Waals surface area (Å²) < 4.78 is 40.3. The van der Waals surface area contributed by atoms with Gasteiger partial charge in [0, 0.05) is 19.2 Å². The fraction of sp³-hybridized carbons (Fsp3) is 0.400. The van der Waals surface area contributed by atoms with E-state index in [2.05, 4.69) is 32.5 Å². The van der Waals surface area contributed by atoms with Crippen molar-refractivity contribution in [2.75, 3.05) is 25.0 Å². The van der Waals surface area contributed by atoms with Gasteiger partial charge in [-0.3, -0.25) is 4.79 Å². The molecule has 0 bridgehead atoms. The number of amides is 1. The topological polar surface area (TPSA) is 75.4 Å². The third kappa shape index (κ3) is 4.52. The van der Waals surface area contributed by atoms with E-state index in [9.17, 15) is 18.0 Å². The van der Waals surface area contributed by atoms with Gasteiger partial charge in [0.1, 0.15) is 12.1 Å². The van der Waals surface area contributed by atoms with Crippen molar-refractivity contribution in [3.05, 3.63) is 54.0 Å². The lowest BCUT2D eigenvalue weighted by Gasteiger charge is -2.32. The normalized spacial score (nSPS) is 15.5. The number of rotatable bonds is 5. The van der Waals surface area contributed by atoms with Crippen LogP contribution in [0.15, 0.2) is 42.7 Å². The minimum absolute atomic E-state index is 0.0251. The van der Waals surface area contributed by atoms with Crippen LogP contribution >= 0.6 is 0 Å². The van der Waals surface area contributed by atoms with E-state index >= 15 is 0 Å². The highest BCUT2D eigenvalue weighted by Gasteiger charge is 2.34. The van der Waals surface area contributed by atoms with Gasteiger partial charge < -0.3 is 10.2 Å². The van der Waals surface area contributed by atoms with Crippen molar-refractivity contribution in [2.24, 2.45) is 5.92 Å². The summed E-state index contributed by atoms with van der Waals surface area (Å²) in [7, 11) is 0. The molecule has 0 saturated carbocycles. The molecule has 0 atom stereocenters. The van der Waals surface area contributed by atoms with E-state index in [1.54, 1.807) is 4.90 Å². The van der Waals surface area contributed by atoms with Crippen LogP contribution < -0.4 is 5.32 Å². The Kier molecular flexibility index (Phi) is 5.56. The van der Waals surface area contributed by atoms with Crippen molar-refractivity contribution in [3.8, 4) is 0 Å². The standard InChI is InChI=1S/C20H21F3N6O/c21-20(22,23)16-11-17(29-19(27-16)25-13-26-29)24-12-18(30)28-8-6-15(7-9-28)10-14-4-2-1-3-5-14/h1-5,11,13,15,24H,6-10,12H2. The number of benzene rings is 1. The van der Waals surface area contributed by atoms with Crippen LogP contribution in [0.3, 0.4) is 0 Å². The van der Waals surface area contributed by atoms with E-state index in [1.165, 1.54) is 5.56 Å². The molecule has 0 spiro atoms. The van der Waals surface area contributed by atoms with Gasteiger partial charge in [0.15, 0.2) is 5.69 Å². The minimum atomic E-state index is -4.62. The van der Waals surface area contributed by atoms with Crippen LogP contribution in [0.25, 0.3) is 5.78 Å². The molecule has 1 saturated heterocycles. The molecule has 158 valence electrons. The molecule has 0 radical (unpaired) electrons. The summed E-state index contributed by atoms with van der Waals surface area (Å²) in [5.41, 5.74) is 0.207. The second-order valence-corrected chi connectivity index (χ2v) is 7.36. The molecule has 2 aromatic heterocycles. The summed E-state index contributed by atoms with van der Waals surface area (Å²) in [6.45, 7) is 1.15. The van der Waals surface area contributed by atoms with Gasteiger partial charge in [0.2, 0.25) is 5.91 Å². The average molecular weight is 418 g/mol. The van der Waals surface area contributed by atoms with Crippen LogP contribution in [0.1, 0.15) is 24.1 Å². The van der Waals surface area contributed by atoms with Gasteiger partial charge in [0.05, 0.1) is 6.54 Å². The van der Waals surface area contributed by atoms with E-state index in [0.717, 1.165) is 36.2 Å². The largest absolute Gasteiger partial charge is 0.433 e. The van der Waals surface area contributed by atoms with Gasteiger partial charge in [-0.2, -0.15) is 27.8 Å². The zero-order valence-electron chi connectivity index (χ0n) is 16.1. The molecule has 10 heteroatoms. The number of hydrogen-bond donors (Lipinski definition) is 1. The van der Waals surface area contributed by atoms with Gasteiger partial charge in [0.25, 0.3) is 5.78 Å². The minimum Gasteiger partial charge on any atom is -0.361 e. The van der Waals surface area contributed by atoms with Crippen molar-refractivity contribution in [3.63, 3.8) is 0 Å². The highest BCUT2D eigenvalue weighted by molar-refractivity contribution is 5.80. The lowest BCUT2D eigenvalue weighted by molar-refractivity contribution is -0.141. The highest BCUT2D eigenvalue weighted by atomic mass is 19.4. The van der Waals surface area contributed by atoms with Crippen LogP contribution in [0.4, 0.5) is 19.0 Å². The number of anilines is 1. The molecule has 3 aromatic rings. The van der Waals surface area contributed by atoms with Gasteiger partial charge in [-0.25, -0.2) is 4.98 Å². The van der Waals surface area contributed by atoms with Crippen molar-refractivity contribution in [2.45, 2.75) is 25.4 Å². The molecule has 1 amide bonds. The third-order valence-electron chi connectivity index (χ3n) is 5.30. The number of nitrogens with one attached hydrogen (secondary N) is 1. The SMILES string of the molecule is O=C(CNc1cc(C(F)(F)F)nc2ncnn12)N1CCC(Cc2ccccc2)CC1. The van der Waals surface area contributed by atoms with E-state index in [-0.39, 0.29) is 24.0 Å². The number of carbonyl (C=O) groups excluding carboxylic acids is 1. The lowest BCUT2D eigenvalue weighted by Crippen LogP contribution is -2.41. The maximum Gasteiger partial charge on any atom is 0.433 e. The van der Waals surface area contributed by atoms with Crippen molar-refractivity contribution in [1.29, 1.82) is 0 Å². The zero-order valence-corrected chi connectivity index (χ0v) is 16.1. The summed E-state index contributed by atoms with van der Waals surface area (Å²) in [6.07, 6.45) is -0.701. The van der Waals surface area contributed by atoms with Crippen LogP contribution in [0.5, 0.6) is 0 Å². The number of alkyl halides is 3. The number of nitrogens with zero attached hydrogens (tertiary/aromatic N) is 5. The Balaban J connectivity index is 1.35. The first kappa shape index (κ1) is 20.1. The maximum absolute atomic E-state index is 13.1. The molecule has 0 unspecified atom stereocenters. The Labute approximate surface area is 170 Å².